The van der Waals surface area contributed by atoms with Gasteiger partial charge >= 0.3 is 5.97 Å². The lowest BCUT2D eigenvalue weighted by Crippen LogP contribution is -2.30. The molecule has 150 valence electrons. The number of carbonyl (C=O) groups is 2. The van der Waals surface area contributed by atoms with Crippen molar-refractivity contribution in [2.75, 3.05) is 26.6 Å². The minimum absolute atomic E-state index is 0.128. The molecule has 1 N–H and O–H groups in total. The first-order chi connectivity index (χ1) is 13.3. The second kappa shape index (κ2) is 9.32. The minimum atomic E-state index is -0.834. The zero-order chi connectivity index (χ0) is 20.8. The van der Waals surface area contributed by atoms with Crippen LogP contribution in [0.15, 0.2) is 30.3 Å². The molecule has 2 rings (SSSR count). The van der Waals surface area contributed by atoms with Gasteiger partial charge in [-0.1, -0.05) is 11.6 Å². The lowest BCUT2D eigenvalue weighted by Gasteiger charge is -2.18. The number of hydrogen-bond donors (Lipinski definition) is 1. The number of esters is 1. The largest absolute Gasteiger partial charge is 0.493 e. The van der Waals surface area contributed by atoms with Crippen molar-refractivity contribution in [3.05, 3.63) is 46.5 Å². The molecule has 0 heterocycles. The molecule has 0 fully saturated rings. The Morgan fingerprint density at radius 2 is 1.68 bits per heavy atom. The number of rotatable bonds is 7. The third-order valence-corrected chi connectivity index (χ3v) is 4.42. The van der Waals surface area contributed by atoms with Crippen LogP contribution < -0.4 is 19.5 Å². The Kier molecular flexibility index (Phi) is 7.12. The van der Waals surface area contributed by atoms with Crippen LogP contribution in [0.3, 0.4) is 0 Å². The molecule has 7 nitrogen and oxygen atoms in total. The zero-order valence-corrected chi connectivity index (χ0v) is 17.0. The van der Waals surface area contributed by atoms with E-state index in [1.165, 1.54) is 33.5 Å². The number of benzene rings is 2. The first kappa shape index (κ1) is 21.4. The van der Waals surface area contributed by atoms with Crippen molar-refractivity contribution in [2.24, 2.45) is 0 Å². The second-order valence-corrected chi connectivity index (χ2v) is 6.31. The highest BCUT2D eigenvalue weighted by molar-refractivity contribution is 6.31. The molecular formula is C20H22ClNO6. The molecule has 1 amide bonds. The van der Waals surface area contributed by atoms with Crippen molar-refractivity contribution in [3.8, 4) is 17.2 Å². The molecule has 0 aliphatic carbocycles. The van der Waals surface area contributed by atoms with Crippen molar-refractivity contribution in [3.63, 3.8) is 0 Å². The Morgan fingerprint density at radius 1 is 1.04 bits per heavy atom. The quantitative estimate of drug-likeness (QED) is 0.702. The number of amides is 1. The average Bonchev–Trinajstić information content (AvgIpc) is 2.69. The van der Waals surface area contributed by atoms with Gasteiger partial charge in [0.25, 0.3) is 5.91 Å². The predicted octanol–water partition coefficient (Wildman–Crippen LogP) is 3.86. The van der Waals surface area contributed by atoms with Gasteiger partial charge in [-0.05, 0) is 37.6 Å². The monoisotopic (exact) mass is 407 g/mol. The first-order valence-corrected chi connectivity index (χ1v) is 8.76. The van der Waals surface area contributed by atoms with Crippen LogP contribution in [0.4, 0.5) is 5.69 Å². The Labute approximate surface area is 168 Å². The highest BCUT2D eigenvalue weighted by atomic mass is 35.5. The fourth-order valence-electron chi connectivity index (χ4n) is 2.44. The molecule has 2 aromatic carbocycles. The van der Waals surface area contributed by atoms with Crippen molar-refractivity contribution < 1.29 is 28.5 Å². The van der Waals surface area contributed by atoms with Gasteiger partial charge in [-0.15, -0.1) is 0 Å². The van der Waals surface area contributed by atoms with E-state index in [9.17, 15) is 9.59 Å². The molecule has 0 bridgehead atoms. The van der Waals surface area contributed by atoms with Crippen molar-refractivity contribution in [2.45, 2.75) is 20.0 Å². The second-order valence-electron chi connectivity index (χ2n) is 5.90. The number of methoxy groups -OCH3 is 3. The predicted molar refractivity (Wildman–Crippen MR) is 106 cm³/mol. The Morgan fingerprint density at radius 3 is 2.25 bits per heavy atom. The van der Waals surface area contributed by atoms with Crippen molar-refractivity contribution in [1.82, 2.24) is 0 Å². The smallest absolute Gasteiger partial charge is 0.340 e. The molecule has 0 spiro atoms. The summed E-state index contributed by atoms with van der Waals surface area (Å²) < 4.78 is 20.9. The maximum atomic E-state index is 12.6. The molecule has 0 aliphatic heterocycles. The van der Waals surface area contributed by atoms with Gasteiger partial charge in [0.1, 0.15) is 5.75 Å². The lowest BCUT2D eigenvalue weighted by atomic mass is 10.1. The third kappa shape index (κ3) is 4.86. The van der Waals surface area contributed by atoms with Crippen LogP contribution in [-0.2, 0) is 9.53 Å². The van der Waals surface area contributed by atoms with Gasteiger partial charge in [-0.25, -0.2) is 4.79 Å². The molecular weight excluding hydrogens is 386 g/mol. The summed E-state index contributed by atoms with van der Waals surface area (Å²) in [6.45, 7) is 3.43. The Balaban J connectivity index is 2.25. The molecule has 0 saturated heterocycles. The fourth-order valence-corrected chi connectivity index (χ4v) is 2.56. The topological polar surface area (TPSA) is 83.1 Å². The van der Waals surface area contributed by atoms with Crippen LogP contribution in [0.1, 0.15) is 22.8 Å². The number of nitrogens with one attached hydrogen (secondary N) is 1. The van der Waals surface area contributed by atoms with Crippen LogP contribution in [-0.4, -0.2) is 39.3 Å². The van der Waals surface area contributed by atoms with Gasteiger partial charge in [-0.3, -0.25) is 4.79 Å². The third-order valence-electron chi connectivity index (χ3n) is 4.00. The van der Waals surface area contributed by atoms with Gasteiger partial charge in [0.05, 0.1) is 32.6 Å². The summed E-state index contributed by atoms with van der Waals surface area (Å²) in [5, 5.41) is 3.28. The van der Waals surface area contributed by atoms with Crippen LogP contribution in [0.5, 0.6) is 17.2 Å². The molecule has 0 aromatic heterocycles. The number of carbonyl (C=O) groups excluding carboxylic acids is 2. The zero-order valence-electron chi connectivity index (χ0n) is 16.3. The van der Waals surface area contributed by atoms with E-state index in [4.69, 9.17) is 30.5 Å². The molecule has 2 aromatic rings. The molecule has 0 saturated carbocycles. The normalized spacial score (nSPS) is 11.4. The van der Waals surface area contributed by atoms with E-state index in [1.54, 1.807) is 25.1 Å². The highest BCUT2D eigenvalue weighted by Crippen LogP contribution is 2.34. The van der Waals surface area contributed by atoms with Gasteiger partial charge in [0.2, 0.25) is 0 Å². The molecule has 8 heteroatoms. The first-order valence-electron chi connectivity index (χ1n) is 8.38. The summed E-state index contributed by atoms with van der Waals surface area (Å²) in [6, 6.07) is 8.04. The van der Waals surface area contributed by atoms with Gasteiger partial charge < -0.3 is 24.3 Å². The fraction of sp³-hybridized carbons (Fsp3) is 0.300. The number of anilines is 1. The number of hydrogen-bond acceptors (Lipinski definition) is 6. The van der Waals surface area contributed by atoms with Crippen LogP contribution in [0.25, 0.3) is 0 Å². The summed E-state index contributed by atoms with van der Waals surface area (Å²) in [7, 11) is 4.15. The summed E-state index contributed by atoms with van der Waals surface area (Å²) in [6.07, 6.45) is -0.834. The highest BCUT2D eigenvalue weighted by Gasteiger charge is 2.22. The van der Waals surface area contributed by atoms with Crippen LogP contribution in [0.2, 0.25) is 5.02 Å². The van der Waals surface area contributed by atoms with E-state index < -0.39 is 18.0 Å². The van der Waals surface area contributed by atoms with E-state index in [-0.39, 0.29) is 11.3 Å². The van der Waals surface area contributed by atoms with Crippen molar-refractivity contribution in [1.29, 1.82) is 0 Å². The Bertz CT molecular complexity index is 883. The van der Waals surface area contributed by atoms with Gasteiger partial charge in [-0.2, -0.15) is 0 Å². The average molecular weight is 408 g/mol. The summed E-state index contributed by atoms with van der Waals surface area (Å²) in [5.41, 5.74) is 1.18. The molecule has 0 unspecified atom stereocenters. The van der Waals surface area contributed by atoms with Crippen LogP contribution in [0, 0.1) is 6.92 Å². The van der Waals surface area contributed by atoms with E-state index in [1.807, 2.05) is 6.92 Å². The van der Waals surface area contributed by atoms with Gasteiger partial charge in [0.15, 0.2) is 17.6 Å². The maximum absolute atomic E-state index is 12.6. The summed E-state index contributed by atoms with van der Waals surface area (Å²) in [4.78, 5) is 24.7. The number of halogens is 1. The molecule has 1 atom stereocenters. The molecule has 0 aliphatic rings. The standard InChI is InChI=1S/C20H22ClNO6/c1-11-8-13(6-7-15(11)21)28-12(2)19(23)22-16-10-18(26-4)17(25-3)9-14(16)20(24)27-5/h6-10,12H,1-5H3,(H,22,23)/t12-/m0/s1. The SMILES string of the molecule is COC(=O)c1cc(OC)c(OC)cc1NC(=O)[C@H](C)Oc1ccc(Cl)c(C)c1. The van der Waals surface area contributed by atoms with E-state index >= 15 is 0 Å². The van der Waals surface area contributed by atoms with E-state index in [0.717, 1.165) is 5.56 Å². The lowest BCUT2D eigenvalue weighted by molar-refractivity contribution is -0.122. The maximum Gasteiger partial charge on any atom is 0.340 e. The number of ether oxygens (including phenoxy) is 4. The molecule has 0 radical (unpaired) electrons. The Hall–Kier alpha value is -2.93. The van der Waals surface area contributed by atoms with E-state index in [2.05, 4.69) is 5.32 Å². The van der Waals surface area contributed by atoms with Gasteiger partial charge in [0, 0.05) is 17.2 Å². The van der Waals surface area contributed by atoms with E-state index in [0.29, 0.717) is 22.3 Å². The van der Waals surface area contributed by atoms with Crippen molar-refractivity contribution >= 4 is 29.2 Å². The summed E-state index contributed by atoms with van der Waals surface area (Å²) >= 11 is 6.00. The number of aryl methyl sites for hydroxylation is 1. The van der Waals surface area contributed by atoms with Crippen LogP contribution >= 0.6 is 11.6 Å². The molecule has 28 heavy (non-hydrogen) atoms. The minimum Gasteiger partial charge on any atom is -0.493 e. The summed E-state index contributed by atoms with van der Waals surface area (Å²) in [5.74, 6) is 0.113.